The fraction of sp³-hybridized carbons (Fsp3) is 0.270. The number of hydrogen-bond acceptors (Lipinski definition) is 11. The molecule has 2 amide bonds. The molecule has 3 aromatic carbocycles. The van der Waals surface area contributed by atoms with Gasteiger partial charge in [0.25, 0.3) is 20.0 Å². The highest BCUT2D eigenvalue weighted by molar-refractivity contribution is 7.93. The van der Waals surface area contributed by atoms with Crippen LogP contribution in [0, 0.1) is 0 Å². The molecule has 56 heavy (non-hydrogen) atoms. The standard InChI is InChI=1S/C37H40N6O11S2/c1-2-3-4-24-5-9-27(10-6-24)55(50,51)41-31-12-7-25(21-29(31)36(46)47)39-34(44)15-16-35(45)40-26-8-13-32(30(22-26)37(48)49)42-56(52,53)28-11-14-33(38-23-28)43-17-19-54-20-18-43/h5-14,21-23,41-42H,2-4,15-20H2,1H3,(H,39,44)(H,40,45)(H,46,47)(H,48,49). The van der Waals surface area contributed by atoms with Crippen LogP contribution >= 0.6 is 0 Å². The third-order valence-electron chi connectivity index (χ3n) is 8.55. The maximum absolute atomic E-state index is 13.1. The Morgan fingerprint density at radius 2 is 1.21 bits per heavy atom. The molecule has 0 atom stereocenters. The minimum absolute atomic E-state index is 0.0175. The van der Waals surface area contributed by atoms with Crippen molar-refractivity contribution in [2.75, 3.05) is 51.3 Å². The molecule has 0 unspecified atom stereocenters. The summed E-state index contributed by atoms with van der Waals surface area (Å²) >= 11 is 0. The first-order chi connectivity index (χ1) is 26.6. The Kier molecular flexibility index (Phi) is 13.3. The number of benzene rings is 3. The maximum Gasteiger partial charge on any atom is 0.337 e. The van der Waals surface area contributed by atoms with E-state index in [2.05, 4.69) is 25.1 Å². The van der Waals surface area contributed by atoms with Gasteiger partial charge in [-0.1, -0.05) is 25.5 Å². The van der Waals surface area contributed by atoms with Gasteiger partial charge in [0.05, 0.1) is 40.6 Å². The van der Waals surface area contributed by atoms with Gasteiger partial charge in [0, 0.05) is 43.5 Å². The van der Waals surface area contributed by atoms with Gasteiger partial charge in [0.1, 0.15) is 10.7 Å². The number of hydrogen-bond donors (Lipinski definition) is 6. The normalized spacial score (nSPS) is 13.1. The first-order valence-corrected chi connectivity index (χ1v) is 20.4. The molecule has 0 saturated carbocycles. The van der Waals surface area contributed by atoms with Crippen LogP contribution in [-0.4, -0.2) is 82.1 Å². The predicted octanol–water partition coefficient (Wildman–Crippen LogP) is 4.62. The van der Waals surface area contributed by atoms with Gasteiger partial charge in [-0.05, 0) is 79.1 Å². The number of carbonyl (C=O) groups excluding carboxylic acids is 2. The topological polar surface area (TPSA) is 250 Å². The number of carboxylic acid groups (broad SMARTS) is 2. The smallest absolute Gasteiger partial charge is 0.337 e. The van der Waals surface area contributed by atoms with Crippen molar-refractivity contribution in [3.8, 4) is 0 Å². The number of anilines is 5. The molecule has 1 saturated heterocycles. The number of sulfonamides is 2. The van der Waals surface area contributed by atoms with Crippen LogP contribution in [0.15, 0.2) is 88.8 Å². The average molecular weight is 809 g/mol. The molecule has 2 heterocycles. The Balaban J connectivity index is 1.17. The van der Waals surface area contributed by atoms with Gasteiger partial charge in [0.15, 0.2) is 0 Å². The number of aromatic carboxylic acids is 2. The van der Waals surface area contributed by atoms with E-state index in [1.807, 2.05) is 11.8 Å². The second kappa shape index (κ2) is 18.1. The van der Waals surface area contributed by atoms with Crippen molar-refractivity contribution in [2.45, 2.75) is 48.8 Å². The highest BCUT2D eigenvalue weighted by Crippen LogP contribution is 2.27. The van der Waals surface area contributed by atoms with E-state index in [0.29, 0.717) is 32.1 Å². The number of morpholine rings is 1. The van der Waals surface area contributed by atoms with E-state index in [0.717, 1.165) is 43.2 Å². The Labute approximate surface area is 323 Å². The van der Waals surface area contributed by atoms with Crippen molar-refractivity contribution in [1.29, 1.82) is 0 Å². The fourth-order valence-electron chi connectivity index (χ4n) is 5.58. The minimum atomic E-state index is -4.24. The van der Waals surface area contributed by atoms with Crippen molar-refractivity contribution in [2.24, 2.45) is 0 Å². The molecule has 296 valence electrons. The van der Waals surface area contributed by atoms with Gasteiger partial charge in [-0.15, -0.1) is 0 Å². The molecule has 19 heteroatoms. The lowest BCUT2D eigenvalue weighted by Crippen LogP contribution is -2.36. The lowest BCUT2D eigenvalue weighted by molar-refractivity contribution is -0.121. The first kappa shape index (κ1) is 41.1. The zero-order chi connectivity index (χ0) is 40.5. The van der Waals surface area contributed by atoms with Crippen LogP contribution in [0.3, 0.4) is 0 Å². The number of aromatic nitrogens is 1. The fourth-order valence-corrected chi connectivity index (χ4v) is 7.69. The second-order valence-corrected chi connectivity index (χ2v) is 16.0. The Bertz CT molecular complexity index is 2310. The van der Waals surface area contributed by atoms with E-state index in [1.54, 1.807) is 18.2 Å². The molecule has 0 radical (unpaired) electrons. The van der Waals surface area contributed by atoms with Crippen LogP contribution in [0.25, 0.3) is 0 Å². The lowest BCUT2D eigenvalue weighted by atomic mass is 10.1. The van der Waals surface area contributed by atoms with Crippen LogP contribution in [0.5, 0.6) is 0 Å². The monoisotopic (exact) mass is 808 g/mol. The molecule has 6 N–H and O–H groups in total. The number of aryl methyl sites for hydroxylation is 1. The van der Waals surface area contributed by atoms with E-state index in [1.165, 1.54) is 42.5 Å². The molecule has 0 aliphatic carbocycles. The SMILES string of the molecule is CCCCc1ccc(S(=O)(=O)Nc2ccc(NC(=O)CCC(=O)Nc3ccc(NS(=O)(=O)c4ccc(N5CCOCC5)nc4)c(C(=O)O)c3)cc2C(=O)O)cc1. The molecule has 5 rings (SSSR count). The summed E-state index contributed by atoms with van der Waals surface area (Å²) in [6, 6.07) is 16.3. The summed E-state index contributed by atoms with van der Waals surface area (Å²) in [6.07, 6.45) is 3.18. The molecule has 0 bridgehead atoms. The molecular weight excluding hydrogens is 769 g/mol. The number of carbonyl (C=O) groups is 4. The molecule has 17 nitrogen and oxygen atoms in total. The average Bonchev–Trinajstić information content (AvgIpc) is 3.17. The summed E-state index contributed by atoms with van der Waals surface area (Å²) < 4.78 is 62.0. The van der Waals surface area contributed by atoms with Crippen LogP contribution in [-0.2, 0) is 40.8 Å². The summed E-state index contributed by atoms with van der Waals surface area (Å²) in [4.78, 5) is 55.3. The summed E-state index contributed by atoms with van der Waals surface area (Å²) in [6.45, 7) is 4.29. The summed E-state index contributed by atoms with van der Waals surface area (Å²) in [5, 5.41) is 24.5. The summed E-state index contributed by atoms with van der Waals surface area (Å²) in [5.74, 6) is -3.71. The van der Waals surface area contributed by atoms with E-state index < -0.39 is 54.9 Å². The van der Waals surface area contributed by atoms with Crippen LogP contribution in [0.4, 0.5) is 28.6 Å². The van der Waals surface area contributed by atoms with Crippen molar-refractivity contribution in [3.63, 3.8) is 0 Å². The maximum atomic E-state index is 13.1. The van der Waals surface area contributed by atoms with Crippen molar-refractivity contribution >= 4 is 72.4 Å². The molecule has 1 aromatic heterocycles. The van der Waals surface area contributed by atoms with Crippen LogP contribution in [0.2, 0.25) is 0 Å². The molecular formula is C37H40N6O11S2. The molecule has 1 aliphatic rings. The van der Waals surface area contributed by atoms with Gasteiger partial charge in [0.2, 0.25) is 11.8 Å². The highest BCUT2D eigenvalue weighted by atomic mass is 32.2. The number of amides is 2. The number of rotatable bonds is 17. The molecule has 0 spiro atoms. The number of pyridine rings is 1. The zero-order valence-corrected chi connectivity index (χ0v) is 31.8. The summed E-state index contributed by atoms with van der Waals surface area (Å²) in [7, 11) is -8.38. The zero-order valence-electron chi connectivity index (χ0n) is 30.1. The van der Waals surface area contributed by atoms with Crippen molar-refractivity contribution in [3.05, 3.63) is 95.7 Å². The van der Waals surface area contributed by atoms with Crippen LogP contribution < -0.4 is 25.0 Å². The predicted molar refractivity (Wildman–Crippen MR) is 207 cm³/mol. The quantitative estimate of drug-likeness (QED) is 0.0854. The van der Waals surface area contributed by atoms with E-state index in [4.69, 9.17) is 4.74 Å². The van der Waals surface area contributed by atoms with Crippen molar-refractivity contribution < 1.29 is 51.0 Å². The number of ether oxygens (including phenoxy) is 1. The third-order valence-corrected chi connectivity index (χ3v) is 11.3. The molecule has 1 aliphatic heterocycles. The van der Waals surface area contributed by atoms with Gasteiger partial charge in [-0.2, -0.15) is 0 Å². The Morgan fingerprint density at radius 1 is 0.714 bits per heavy atom. The van der Waals surface area contributed by atoms with Gasteiger partial charge < -0.3 is 30.5 Å². The van der Waals surface area contributed by atoms with E-state index in [9.17, 15) is 46.2 Å². The Morgan fingerprint density at radius 3 is 1.68 bits per heavy atom. The van der Waals surface area contributed by atoms with E-state index in [-0.39, 0.29) is 45.4 Å². The number of unbranched alkanes of at least 4 members (excludes halogenated alkanes) is 1. The molecule has 1 fully saturated rings. The number of nitrogens with one attached hydrogen (secondary N) is 4. The second-order valence-electron chi connectivity index (χ2n) is 12.6. The first-order valence-electron chi connectivity index (χ1n) is 17.4. The van der Waals surface area contributed by atoms with E-state index >= 15 is 0 Å². The van der Waals surface area contributed by atoms with Crippen LogP contribution in [0.1, 0.15) is 58.9 Å². The number of carboxylic acids is 2. The van der Waals surface area contributed by atoms with Gasteiger partial charge in [-0.25, -0.2) is 31.4 Å². The summed E-state index contributed by atoms with van der Waals surface area (Å²) in [5.41, 5.74) is -0.347. The largest absolute Gasteiger partial charge is 0.478 e. The third kappa shape index (κ3) is 10.8. The van der Waals surface area contributed by atoms with Crippen molar-refractivity contribution in [1.82, 2.24) is 4.98 Å². The Hall–Kier alpha value is -6.05. The van der Waals surface area contributed by atoms with Gasteiger partial charge >= 0.3 is 11.9 Å². The van der Waals surface area contributed by atoms with Gasteiger partial charge in [-0.3, -0.25) is 19.0 Å². The molecule has 4 aromatic rings. The number of nitrogens with zero attached hydrogens (tertiary/aromatic N) is 2. The minimum Gasteiger partial charge on any atom is -0.478 e. The highest BCUT2D eigenvalue weighted by Gasteiger charge is 2.23. The lowest BCUT2D eigenvalue weighted by Gasteiger charge is -2.27.